The molecule has 1 fully saturated rings. The Bertz CT molecular complexity index is 97.5. The molecule has 1 rings (SSSR count). The summed E-state index contributed by atoms with van der Waals surface area (Å²) in [7, 11) is 0. The molecule has 0 saturated carbocycles. The molecule has 11 heavy (non-hydrogen) atoms. The van der Waals surface area contributed by atoms with Crippen molar-refractivity contribution in [2.75, 3.05) is 19.7 Å². The van der Waals surface area contributed by atoms with E-state index in [0.717, 1.165) is 39.0 Å². The number of nitrogens with two attached hydrogens (primary N) is 1. The predicted molar refractivity (Wildman–Crippen MR) is 45.0 cm³/mol. The Hall–Kier alpha value is -0.120. The molecule has 66 valence electrons. The van der Waals surface area contributed by atoms with Gasteiger partial charge in [0.15, 0.2) is 0 Å². The molecule has 0 atom stereocenters. The minimum Gasteiger partial charge on any atom is -0.378 e. The van der Waals surface area contributed by atoms with Crippen molar-refractivity contribution < 1.29 is 4.74 Å². The molecule has 3 nitrogen and oxygen atoms in total. The van der Waals surface area contributed by atoms with Crippen molar-refractivity contribution in [2.45, 2.75) is 32.3 Å². The highest BCUT2D eigenvalue weighted by atomic mass is 16.5. The maximum absolute atomic E-state index is 5.60. The summed E-state index contributed by atoms with van der Waals surface area (Å²) in [5.41, 5.74) is 0. The summed E-state index contributed by atoms with van der Waals surface area (Å²) in [4.78, 5) is 0. The first-order valence-corrected chi connectivity index (χ1v) is 4.44. The van der Waals surface area contributed by atoms with Crippen molar-refractivity contribution >= 4 is 0 Å². The van der Waals surface area contributed by atoms with Crippen LogP contribution in [0.15, 0.2) is 0 Å². The Balaban J connectivity index is 2.07. The molecular formula is C8H18N2O. The van der Waals surface area contributed by atoms with Crippen LogP contribution in [0, 0.1) is 0 Å². The second-order valence-corrected chi connectivity index (χ2v) is 3.11. The maximum Gasteiger partial charge on any atom is 0.0600 e. The van der Waals surface area contributed by atoms with E-state index >= 15 is 0 Å². The van der Waals surface area contributed by atoms with Crippen molar-refractivity contribution in [3.8, 4) is 0 Å². The Labute approximate surface area is 68.5 Å². The number of nitrogens with zero attached hydrogens (tertiary/aromatic N) is 1. The minimum atomic E-state index is 0.467. The molecule has 0 unspecified atom stereocenters. The predicted octanol–water partition coefficient (Wildman–Crippen LogP) is 0.751. The van der Waals surface area contributed by atoms with Crippen molar-refractivity contribution in [1.29, 1.82) is 0 Å². The first-order valence-electron chi connectivity index (χ1n) is 4.44. The summed E-state index contributed by atoms with van der Waals surface area (Å²) in [6.07, 6.45) is 3.77. The Morgan fingerprint density at radius 1 is 1.45 bits per heavy atom. The van der Waals surface area contributed by atoms with Gasteiger partial charge < -0.3 is 4.74 Å². The summed E-state index contributed by atoms with van der Waals surface area (Å²) < 4.78 is 5.60. The van der Waals surface area contributed by atoms with Gasteiger partial charge in [-0.15, -0.1) is 0 Å². The number of ether oxygens (including phenoxy) is 1. The second-order valence-electron chi connectivity index (χ2n) is 3.11. The summed E-state index contributed by atoms with van der Waals surface area (Å²) in [5.74, 6) is 5.60. The monoisotopic (exact) mass is 158 g/mol. The molecule has 2 N–H and O–H groups in total. The van der Waals surface area contributed by atoms with E-state index in [1.165, 1.54) is 0 Å². The zero-order valence-electron chi connectivity index (χ0n) is 7.25. The summed E-state index contributed by atoms with van der Waals surface area (Å²) >= 11 is 0. The van der Waals surface area contributed by atoms with Crippen molar-refractivity contribution in [1.82, 2.24) is 5.01 Å². The lowest BCUT2D eigenvalue weighted by Crippen LogP contribution is -2.41. The molecule has 3 heteroatoms. The lowest BCUT2D eigenvalue weighted by atomic mass is 10.1. The van der Waals surface area contributed by atoms with E-state index in [0.29, 0.717) is 6.10 Å². The maximum atomic E-state index is 5.60. The van der Waals surface area contributed by atoms with Gasteiger partial charge in [-0.1, -0.05) is 6.92 Å². The zero-order chi connectivity index (χ0) is 8.10. The molecule has 1 saturated heterocycles. The molecule has 0 radical (unpaired) electrons. The van der Waals surface area contributed by atoms with Gasteiger partial charge in [-0.25, -0.2) is 5.01 Å². The SMILES string of the molecule is CCCOC1CCN(N)CC1. The fraction of sp³-hybridized carbons (Fsp3) is 1.00. The van der Waals surface area contributed by atoms with Crippen LogP contribution >= 0.6 is 0 Å². The van der Waals surface area contributed by atoms with Gasteiger partial charge in [0.2, 0.25) is 0 Å². The van der Waals surface area contributed by atoms with E-state index in [1.807, 2.05) is 5.01 Å². The third kappa shape index (κ3) is 3.18. The van der Waals surface area contributed by atoms with Crippen LogP contribution < -0.4 is 5.84 Å². The van der Waals surface area contributed by atoms with Crippen LogP contribution in [0.5, 0.6) is 0 Å². The van der Waals surface area contributed by atoms with Crippen LogP contribution in [-0.2, 0) is 4.74 Å². The van der Waals surface area contributed by atoms with Gasteiger partial charge in [-0.05, 0) is 19.3 Å². The van der Waals surface area contributed by atoms with Crippen LogP contribution in [0.3, 0.4) is 0 Å². The molecule has 0 aromatic rings. The quantitative estimate of drug-likeness (QED) is 0.616. The summed E-state index contributed by atoms with van der Waals surface area (Å²) in [6, 6.07) is 0. The molecule has 0 aromatic carbocycles. The first-order chi connectivity index (χ1) is 5.33. The summed E-state index contributed by atoms with van der Waals surface area (Å²) in [6.45, 7) is 5.00. The van der Waals surface area contributed by atoms with E-state index in [2.05, 4.69) is 6.92 Å². The molecule has 0 aliphatic carbocycles. The van der Waals surface area contributed by atoms with E-state index < -0.39 is 0 Å². The fourth-order valence-corrected chi connectivity index (χ4v) is 1.33. The van der Waals surface area contributed by atoms with Crippen molar-refractivity contribution in [2.24, 2.45) is 5.84 Å². The molecule has 1 aliphatic rings. The van der Waals surface area contributed by atoms with Crippen LogP contribution in [0.1, 0.15) is 26.2 Å². The third-order valence-corrected chi connectivity index (χ3v) is 2.03. The van der Waals surface area contributed by atoms with E-state index in [-0.39, 0.29) is 0 Å². The van der Waals surface area contributed by atoms with Gasteiger partial charge in [-0.3, -0.25) is 5.84 Å². The number of hydrazine groups is 1. The van der Waals surface area contributed by atoms with Crippen molar-refractivity contribution in [3.63, 3.8) is 0 Å². The smallest absolute Gasteiger partial charge is 0.0600 e. The number of hydrogen-bond acceptors (Lipinski definition) is 3. The number of hydrogen-bond donors (Lipinski definition) is 1. The Morgan fingerprint density at radius 3 is 2.64 bits per heavy atom. The topological polar surface area (TPSA) is 38.5 Å². The van der Waals surface area contributed by atoms with Crippen LogP contribution in [-0.4, -0.2) is 30.8 Å². The fourth-order valence-electron chi connectivity index (χ4n) is 1.33. The number of piperidine rings is 1. The van der Waals surface area contributed by atoms with Gasteiger partial charge in [0.05, 0.1) is 6.10 Å². The standard InChI is InChI=1S/C8H18N2O/c1-2-7-11-8-3-5-10(9)6-4-8/h8H,2-7,9H2,1H3. The molecule has 1 heterocycles. The molecule has 0 bridgehead atoms. The molecule has 0 spiro atoms. The van der Waals surface area contributed by atoms with Crippen LogP contribution in [0.2, 0.25) is 0 Å². The summed E-state index contributed by atoms with van der Waals surface area (Å²) in [5, 5.41) is 1.87. The van der Waals surface area contributed by atoms with E-state index in [9.17, 15) is 0 Å². The zero-order valence-corrected chi connectivity index (χ0v) is 7.25. The lowest BCUT2D eigenvalue weighted by molar-refractivity contribution is 0.00776. The highest BCUT2D eigenvalue weighted by Gasteiger charge is 2.16. The van der Waals surface area contributed by atoms with Gasteiger partial charge >= 0.3 is 0 Å². The van der Waals surface area contributed by atoms with Gasteiger partial charge in [-0.2, -0.15) is 0 Å². The second kappa shape index (κ2) is 4.70. The highest BCUT2D eigenvalue weighted by molar-refractivity contribution is 4.68. The molecule has 0 amide bonds. The van der Waals surface area contributed by atoms with Crippen molar-refractivity contribution in [3.05, 3.63) is 0 Å². The highest BCUT2D eigenvalue weighted by Crippen LogP contribution is 2.10. The third-order valence-electron chi connectivity index (χ3n) is 2.03. The number of rotatable bonds is 3. The normalized spacial score (nSPS) is 22.4. The Kier molecular flexibility index (Phi) is 3.83. The van der Waals surface area contributed by atoms with Gasteiger partial charge in [0.1, 0.15) is 0 Å². The van der Waals surface area contributed by atoms with Gasteiger partial charge in [0, 0.05) is 19.7 Å². The Morgan fingerprint density at radius 2 is 2.09 bits per heavy atom. The van der Waals surface area contributed by atoms with E-state index in [4.69, 9.17) is 10.6 Å². The lowest BCUT2D eigenvalue weighted by Gasteiger charge is -2.28. The molecular weight excluding hydrogens is 140 g/mol. The van der Waals surface area contributed by atoms with E-state index in [1.54, 1.807) is 0 Å². The average molecular weight is 158 g/mol. The molecule has 1 aliphatic heterocycles. The van der Waals surface area contributed by atoms with Crippen LogP contribution in [0.25, 0.3) is 0 Å². The average Bonchev–Trinajstić information content (AvgIpc) is 2.04. The minimum absolute atomic E-state index is 0.467. The van der Waals surface area contributed by atoms with Crippen LogP contribution in [0.4, 0.5) is 0 Å². The first kappa shape index (κ1) is 8.97. The molecule has 0 aromatic heterocycles. The largest absolute Gasteiger partial charge is 0.378 e. The van der Waals surface area contributed by atoms with Gasteiger partial charge in [0.25, 0.3) is 0 Å².